The van der Waals surface area contributed by atoms with Gasteiger partial charge in [-0.05, 0) is 37.6 Å². The number of anilines is 1. The molecule has 1 aromatic rings. The van der Waals surface area contributed by atoms with Crippen LogP contribution >= 0.6 is 11.6 Å². The van der Waals surface area contributed by atoms with Crippen LogP contribution in [0.15, 0.2) is 24.3 Å². The number of carbonyl (C=O) groups excluding carboxylic acids is 1. The van der Waals surface area contributed by atoms with Gasteiger partial charge in [0.2, 0.25) is 0 Å². The second kappa shape index (κ2) is 5.61. The van der Waals surface area contributed by atoms with Crippen LogP contribution in [0.5, 0.6) is 0 Å². The highest BCUT2D eigenvalue weighted by Crippen LogP contribution is 2.13. The van der Waals surface area contributed by atoms with Gasteiger partial charge in [-0.25, -0.2) is 4.79 Å². The molecule has 1 unspecified atom stereocenters. The third-order valence-electron chi connectivity index (χ3n) is 2.09. The van der Waals surface area contributed by atoms with Crippen LogP contribution in [0.2, 0.25) is 5.02 Å². The predicted octanol–water partition coefficient (Wildman–Crippen LogP) is 3.26. The summed E-state index contributed by atoms with van der Waals surface area (Å²) in [5.74, 6) is 0. The molecule has 4 heteroatoms. The topological polar surface area (TPSA) is 41.1 Å². The number of amides is 2. The first-order chi connectivity index (χ1) is 7.11. The molecule has 1 aromatic carbocycles. The average molecular weight is 227 g/mol. The summed E-state index contributed by atoms with van der Waals surface area (Å²) in [4.78, 5) is 11.4. The molecule has 0 saturated heterocycles. The van der Waals surface area contributed by atoms with Crippen molar-refractivity contribution in [3.8, 4) is 0 Å². The van der Waals surface area contributed by atoms with E-state index in [4.69, 9.17) is 11.6 Å². The summed E-state index contributed by atoms with van der Waals surface area (Å²) in [7, 11) is 0. The van der Waals surface area contributed by atoms with Crippen LogP contribution in [-0.2, 0) is 0 Å². The fraction of sp³-hybridized carbons (Fsp3) is 0.364. The average Bonchev–Trinajstić information content (AvgIpc) is 2.21. The number of benzene rings is 1. The maximum atomic E-state index is 11.4. The van der Waals surface area contributed by atoms with Crippen molar-refractivity contribution in [2.24, 2.45) is 0 Å². The maximum absolute atomic E-state index is 11.4. The molecule has 0 fully saturated rings. The second-order valence-corrected chi connectivity index (χ2v) is 3.85. The van der Waals surface area contributed by atoms with Crippen LogP contribution in [0, 0.1) is 0 Å². The van der Waals surface area contributed by atoms with Gasteiger partial charge in [-0.2, -0.15) is 0 Å². The standard InChI is InChI=1S/C11H15ClN2O/c1-3-8(2)13-11(15)14-10-6-4-9(12)5-7-10/h4-8H,3H2,1-2H3,(H2,13,14,15). The van der Waals surface area contributed by atoms with E-state index in [0.717, 1.165) is 12.1 Å². The predicted molar refractivity (Wildman–Crippen MR) is 63.4 cm³/mol. The normalized spacial score (nSPS) is 11.9. The molecule has 0 aliphatic carbocycles. The second-order valence-electron chi connectivity index (χ2n) is 3.41. The number of halogens is 1. The van der Waals surface area contributed by atoms with Crippen LogP contribution in [0.4, 0.5) is 10.5 Å². The lowest BCUT2D eigenvalue weighted by Gasteiger charge is -2.12. The lowest BCUT2D eigenvalue weighted by Crippen LogP contribution is -2.35. The van der Waals surface area contributed by atoms with Crippen molar-refractivity contribution < 1.29 is 4.79 Å². The van der Waals surface area contributed by atoms with Crippen molar-refractivity contribution in [1.82, 2.24) is 5.32 Å². The van der Waals surface area contributed by atoms with Gasteiger partial charge in [0.25, 0.3) is 0 Å². The first-order valence-electron chi connectivity index (χ1n) is 4.95. The van der Waals surface area contributed by atoms with Gasteiger partial charge in [-0.15, -0.1) is 0 Å². The van der Waals surface area contributed by atoms with Crippen LogP contribution in [0.25, 0.3) is 0 Å². The Kier molecular flexibility index (Phi) is 4.43. The van der Waals surface area contributed by atoms with Crippen LogP contribution in [0.1, 0.15) is 20.3 Å². The SMILES string of the molecule is CCC(C)NC(=O)Nc1ccc(Cl)cc1. The van der Waals surface area contributed by atoms with E-state index in [1.807, 2.05) is 13.8 Å². The van der Waals surface area contributed by atoms with Crippen molar-refractivity contribution in [2.75, 3.05) is 5.32 Å². The van der Waals surface area contributed by atoms with E-state index in [-0.39, 0.29) is 12.1 Å². The molecule has 82 valence electrons. The molecule has 2 amide bonds. The summed E-state index contributed by atoms with van der Waals surface area (Å²) in [5.41, 5.74) is 0.736. The largest absolute Gasteiger partial charge is 0.335 e. The Morgan fingerprint density at radius 1 is 1.40 bits per heavy atom. The maximum Gasteiger partial charge on any atom is 0.319 e. The molecular weight excluding hydrogens is 212 g/mol. The lowest BCUT2D eigenvalue weighted by molar-refractivity contribution is 0.249. The van der Waals surface area contributed by atoms with Crippen molar-refractivity contribution in [2.45, 2.75) is 26.3 Å². The monoisotopic (exact) mass is 226 g/mol. The van der Waals surface area contributed by atoms with Gasteiger partial charge in [0.05, 0.1) is 0 Å². The highest BCUT2D eigenvalue weighted by Gasteiger charge is 2.04. The smallest absolute Gasteiger partial charge is 0.319 e. The van der Waals surface area contributed by atoms with Gasteiger partial charge in [-0.3, -0.25) is 0 Å². The van der Waals surface area contributed by atoms with E-state index in [9.17, 15) is 4.79 Å². The fourth-order valence-electron chi connectivity index (χ4n) is 1.03. The Morgan fingerprint density at radius 3 is 2.53 bits per heavy atom. The Hall–Kier alpha value is -1.22. The van der Waals surface area contributed by atoms with E-state index in [1.165, 1.54) is 0 Å². The van der Waals surface area contributed by atoms with Crippen LogP contribution < -0.4 is 10.6 Å². The Bertz CT molecular complexity index is 324. The number of nitrogens with one attached hydrogen (secondary N) is 2. The molecule has 0 aliphatic rings. The first-order valence-corrected chi connectivity index (χ1v) is 5.32. The number of carbonyl (C=O) groups is 1. The Labute approximate surface area is 94.8 Å². The molecule has 0 bridgehead atoms. The molecule has 0 saturated carbocycles. The molecule has 3 nitrogen and oxygen atoms in total. The minimum Gasteiger partial charge on any atom is -0.335 e. The number of hydrogen-bond donors (Lipinski definition) is 2. The highest BCUT2D eigenvalue weighted by atomic mass is 35.5. The van der Waals surface area contributed by atoms with E-state index >= 15 is 0 Å². The quantitative estimate of drug-likeness (QED) is 0.816. The van der Waals surface area contributed by atoms with Gasteiger partial charge >= 0.3 is 6.03 Å². The zero-order chi connectivity index (χ0) is 11.3. The molecular formula is C11H15ClN2O. The summed E-state index contributed by atoms with van der Waals surface area (Å²) in [5, 5.41) is 6.19. The molecule has 15 heavy (non-hydrogen) atoms. The molecule has 0 heterocycles. The Balaban J connectivity index is 2.48. The van der Waals surface area contributed by atoms with Crippen LogP contribution in [0.3, 0.4) is 0 Å². The van der Waals surface area contributed by atoms with Gasteiger partial charge in [0.1, 0.15) is 0 Å². The fourth-order valence-corrected chi connectivity index (χ4v) is 1.15. The minimum atomic E-state index is -0.188. The summed E-state index contributed by atoms with van der Waals surface area (Å²) in [6.45, 7) is 3.98. The lowest BCUT2D eigenvalue weighted by atomic mass is 10.3. The van der Waals surface area contributed by atoms with E-state index < -0.39 is 0 Å². The molecule has 0 aromatic heterocycles. The molecule has 0 aliphatic heterocycles. The van der Waals surface area contributed by atoms with Gasteiger partial charge in [0.15, 0.2) is 0 Å². The summed E-state index contributed by atoms with van der Waals surface area (Å²) >= 11 is 5.73. The van der Waals surface area contributed by atoms with Crippen molar-refractivity contribution >= 4 is 23.3 Å². The molecule has 2 N–H and O–H groups in total. The third kappa shape index (κ3) is 4.21. The Morgan fingerprint density at radius 2 is 2.00 bits per heavy atom. The molecule has 0 spiro atoms. The van der Waals surface area contributed by atoms with Crippen molar-refractivity contribution in [3.63, 3.8) is 0 Å². The molecule has 1 atom stereocenters. The zero-order valence-corrected chi connectivity index (χ0v) is 9.64. The highest BCUT2D eigenvalue weighted by molar-refractivity contribution is 6.30. The summed E-state index contributed by atoms with van der Waals surface area (Å²) in [6, 6.07) is 6.99. The van der Waals surface area contributed by atoms with Crippen molar-refractivity contribution in [3.05, 3.63) is 29.3 Å². The zero-order valence-electron chi connectivity index (χ0n) is 8.88. The summed E-state index contributed by atoms with van der Waals surface area (Å²) in [6.07, 6.45) is 0.911. The van der Waals surface area contributed by atoms with E-state index in [2.05, 4.69) is 10.6 Å². The van der Waals surface area contributed by atoms with E-state index in [0.29, 0.717) is 5.02 Å². The number of urea groups is 1. The van der Waals surface area contributed by atoms with Gasteiger partial charge < -0.3 is 10.6 Å². The third-order valence-corrected chi connectivity index (χ3v) is 2.34. The van der Waals surface area contributed by atoms with Gasteiger partial charge in [-0.1, -0.05) is 18.5 Å². The molecule has 1 rings (SSSR count). The summed E-state index contributed by atoms with van der Waals surface area (Å²) < 4.78 is 0. The van der Waals surface area contributed by atoms with E-state index in [1.54, 1.807) is 24.3 Å². The molecule has 0 radical (unpaired) electrons. The van der Waals surface area contributed by atoms with Crippen LogP contribution in [-0.4, -0.2) is 12.1 Å². The van der Waals surface area contributed by atoms with Crippen molar-refractivity contribution in [1.29, 1.82) is 0 Å². The first kappa shape index (κ1) is 11.9. The number of rotatable bonds is 3. The van der Waals surface area contributed by atoms with Gasteiger partial charge in [0, 0.05) is 16.8 Å². The minimum absolute atomic E-state index is 0.178. The number of hydrogen-bond acceptors (Lipinski definition) is 1.